The van der Waals surface area contributed by atoms with Crippen molar-refractivity contribution in [2.24, 2.45) is 0 Å². The topological polar surface area (TPSA) is 59.8 Å². The van der Waals surface area contributed by atoms with Gasteiger partial charge in [-0.3, -0.25) is 4.79 Å². The molecular weight excluding hydrogens is 296 g/mol. The Morgan fingerprint density at radius 2 is 2.14 bits per heavy atom. The third kappa shape index (κ3) is 3.76. The van der Waals surface area contributed by atoms with Gasteiger partial charge in [0.15, 0.2) is 5.16 Å². The molecule has 1 unspecified atom stereocenters. The van der Waals surface area contributed by atoms with E-state index in [9.17, 15) is 4.79 Å². The molecule has 1 amide bonds. The van der Waals surface area contributed by atoms with Crippen molar-refractivity contribution in [2.75, 3.05) is 5.32 Å². The number of aryl methyl sites for hydroxylation is 2. The van der Waals surface area contributed by atoms with E-state index in [4.69, 9.17) is 0 Å². The minimum atomic E-state index is -0.272. The zero-order chi connectivity index (χ0) is 16.1. The number of nitrogens with zero attached hydrogens (tertiary/aromatic N) is 3. The van der Waals surface area contributed by atoms with Gasteiger partial charge in [-0.2, -0.15) is 0 Å². The largest absolute Gasteiger partial charge is 0.325 e. The fourth-order valence-electron chi connectivity index (χ4n) is 1.95. The molecule has 0 aliphatic heterocycles. The predicted molar refractivity (Wildman–Crippen MR) is 90.1 cm³/mol. The van der Waals surface area contributed by atoms with Crippen LogP contribution < -0.4 is 5.32 Å². The Labute approximate surface area is 134 Å². The van der Waals surface area contributed by atoms with Gasteiger partial charge in [0.2, 0.25) is 5.91 Å². The zero-order valence-corrected chi connectivity index (χ0v) is 13.9. The monoisotopic (exact) mass is 316 g/mol. The quantitative estimate of drug-likeness (QED) is 0.657. The van der Waals surface area contributed by atoms with Gasteiger partial charge in [0, 0.05) is 12.2 Å². The van der Waals surface area contributed by atoms with Crippen molar-refractivity contribution < 1.29 is 4.79 Å². The van der Waals surface area contributed by atoms with Crippen molar-refractivity contribution in [2.45, 2.75) is 37.7 Å². The fourth-order valence-corrected chi connectivity index (χ4v) is 2.85. The number of benzene rings is 1. The van der Waals surface area contributed by atoms with Gasteiger partial charge in [-0.25, -0.2) is 0 Å². The molecule has 0 spiro atoms. The summed E-state index contributed by atoms with van der Waals surface area (Å²) in [6.07, 6.45) is 1.79. The third-order valence-electron chi connectivity index (χ3n) is 3.27. The van der Waals surface area contributed by atoms with Crippen molar-refractivity contribution in [3.8, 4) is 0 Å². The average molecular weight is 316 g/mol. The number of aromatic nitrogens is 3. The highest BCUT2D eigenvalue weighted by Gasteiger charge is 2.19. The summed E-state index contributed by atoms with van der Waals surface area (Å²) in [5.41, 5.74) is 1.88. The highest BCUT2D eigenvalue weighted by atomic mass is 32.2. The van der Waals surface area contributed by atoms with E-state index in [2.05, 4.69) is 22.1 Å². The number of carbonyl (C=O) groups excluding carboxylic acids is 1. The summed E-state index contributed by atoms with van der Waals surface area (Å²) in [6.45, 7) is 10.1. The van der Waals surface area contributed by atoms with E-state index in [1.54, 1.807) is 6.08 Å². The lowest BCUT2D eigenvalue weighted by molar-refractivity contribution is -0.115. The van der Waals surface area contributed by atoms with E-state index in [1.165, 1.54) is 11.8 Å². The van der Waals surface area contributed by atoms with Gasteiger partial charge >= 0.3 is 0 Å². The minimum absolute atomic E-state index is 0.0508. The summed E-state index contributed by atoms with van der Waals surface area (Å²) < 4.78 is 1.94. The first-order valence-electron chi connectivity index (χ1n) is 7.06. The van der Waals surface area contributed by atoms with Crippen molar-refractivity contribution >= 4 is 23.4 Å². The molecule has 1 atom stereocenters. The van der Waals surface area contributed by atoms with Crippen molar-refractivity contribution in [1.29, 1.82) is 0 Å². The molecule has 6 heteroatoms. The number of amides is 1. The Kier molecular flexibility index (Phi) is 5.38. The van der Waals surface area contributed by atoms with Gasteiger partial charge in [0.05, 0.1) is 5.25 Å². The molecule has 116 valence electrons. The maximum atomic E-state index is 12.3. The lowest BCUT2D eigenvalue weighted by atomic mass is 10.2. The zero-order valence-electron chi connectivity index (χ0n) is 13.0. The van der Waals surface area contributed by atoms with Crippen molar-refractivity contribution in [1.82, 2.24) is 14.8 Å². The van der Waals surface area contributed by atoms with E-state index in [0.717, 1.165) is 22.2 Å². The van der Waals surface area contributed by atoms with Crippen LogP contribution in [-0.4, -0.2) is 25.9 Å². The molecule has 1 aromatic heterocycles. The van der Waals surface area contributed by atoms with Crippen LogP contribution in [0.5, 0.6) is 0 Å². The Morgan fingerprint density at radius 3 is 2.82 bits per heavy atom. The van der Waals surface area contributed by atoms with Crippen LogP contribution in [0.2, 0.25) is 0 Å². The minimum Gasteiger partial charge on any atom is -0.325 e. The lowest BCUT2D eigenvalue weighted by Crippen LogP contribution is -2.23. The standard InChI is InChI=1S/C16H20N4OS/c1-5-10-20-13(4)18-19-16(20)22-12(3)15(21)17-14-9-7-6-8-11(14)2/h5-9,12H,1,10H2,2-4H3,(H,17,21). The lowest BCUT2D eigenvalue weighted by Gasteiger charge is -2.13. The van der Waals surface area contributed by atoms with Crippen LogP contribution in [0.3, 0.4) is 0 Å². The molecule has 0 radical (unpaired) electrons. The molecule has 0 saturated carbocycles. The van der Waals surface area contributed by atoms with Crippen LogP contribution in [0.25, 0.3) is 0 Å². The highest BCUT2D eigenvalue weighted by Crippen LogP contribution is 2.24. The van der Waals surface area contributed by atoms with Gasteiger partial charge in [-0.1, -0.05) is 36.0 Å². The van der Waals surface area contributed by atoms with Crippen LogP contribution in [-0.2, 0) is 11.3 Å². The Balaban J connectivity index is 2.06. The first-order chi connectivity index (χ1) is 10.5. The van der Waals surface area contributed by atoms with Crippen LogP contribution in [0.4, 0.5) is 5.69 Å². The first kappa shape index (κ1) is 16.3. The van der Waals surface area contributed by atoms with Crippen molar-refractivity contribution in [3.05, 3.63) is 48.3 Å². The van der Waals surface area contributed by atoms with E-state index < -0.39 is 0 Å². The number of carbonyl (C=O) groups is 1. The first-order valence-corrected chi connectivity index (χ1v) is 7.94. The maximum Gasteiger partial charge on any atom is 0.237 e. The van der Waals surface area contributed by atoms with Gasteiger partial charge in [-0.15, -0.1) is 16.8 Å². The van der Waals surface area contributed by atoms with E-state index in [0.29, 0.717) is 6.54 Å². The summed E-state index contributed by atoms with van der Waals surface area (Å²) in [4.78, 5) is 12.3. The van der Waals surface area contributed by atoms with Crippen molar-refractivity contribution in [3.63, 3.8) is 0 Å². The summed E-state index contributed by atoms with van der Waals surface area (Å²) in [5, 5.41) is 11.6. The molecule has 0 aliphatic carbocycles. The number of thioether (sulfide) groups is 1. The Hall–Kier alpha value is -2.08. The van der Waals surface area contributed by atoms with E-state index in [-0.39, 0.29) is 11.2 Å². The summed E-state index contributed by atoms with van der Waals surface area (Å²) in [5.74, 6) is 0.763. The SMILES string of the molecule is C=CCn1c(C)nnc1SC(C)C(=O)Nc1ccccc1C. The molecule has 0 bridgehead atoms. The van der Waals surface area contributed by atoms with Crippen LogP contribution in [0, 0.1) is 13.8 Å². The third-order valence-corrected chi connectivity index (χ3v) is 4.35. The number of anilines is 1. The molecule has 22 heavy (non-hydrogen) atoms. The number of para-hydroxylation sites is 1. The predicted octanol–water partition coefficient (Wildman–Crippen LogP) is 3.20. The number of allylic oxidation sites excluding steroid dienone is 1. The second-order valence-corrected chi connectivity index (χ2v) is 6.30. The molecule has 2 aromatic rings. The molecule has 1 heterocycles. The highest BCUT2D eigenvalue weighted by molar-refractivity contribution is 8.00. The number of rotatable bonds is 6. The van der Waals surface area contributed by atoms with E-state index in [1.807, 2.05) is 49.6 Å². The van der Waals surface area contributed by atoms with Crippen LogP contribution in [0.15, 0.2) is 42.1 Å². The Bertz CT molecular complexity index is 681. The molecule has 0 saturated heterocycles. The fraction of sp³-hybridized carbons (Fsp3) is 0.312. The summed E-state index contributed by atoms with van der Waals surface area (Å²) in [6, 6.07) is 7.72. The summed E-state index contributed by atoms with van der Waals surface area (Å²) >= 11 is 1.39. The van der Waals surface area contributed by atoms with E-state index >= 15 is 0 Å². The van der Waals surface area contributed by atoms with Gasteiger partial charge in [0.25, 0.3) is 0 Å². The molecule has 0 aliphatic rings. The second-order valence-electron chi connectivity index (χ2n) is 4.99. The molecule has 0 fully saturated rings. The normalized spacial score (nSPS) is 12.0. The number of hydrogen-bond acceptors (Lipinski definition) is 4. The van der Waals surface area contributed by atoms with Gasteiger partial charge in [0.1, 0.15) is 5.82 Å². The van der Waals surface area contributed by atoms with Crippen LogP contribution >= 0.6 is 11.8 Å². The summed E-state index contributed by atoms with van der Waals surface area (Å²) in [7, 11) is 0. The molecule has 2 rings (SSSR count). The number of hydrogen-bond donors (Lipinski definition) is 1. The molecular formula is C16H20N4OS. The maximum absolute atomic E-state index is 12.3. The Morgan fingerprint density at radius 1 is 1.41 bits per heavy atom. The molecule has 1 N–H and O–H groups in total. The smallest absolute Gasteiger partial charge is 0.237 e. The van der Waals surface area contributed by atoms with Crippen LogP contribution in [0.1, 0.15) is 18.3 Å². The average Bonchev–Trinajstić information content (AvgIpc) is 2.83. The molecule has 1 aromatic carbocycles. The second kappa shape index (κ2) is 7.26. The number of nitrogens with one attached hydrogen (secondary N) is 1. The van der Waals surface area contributed by atoms with Gasteiger partial charge in [-0.05, 0) is 32.4 Å². The molecule has 5 nitrogen and oxygen atoms in total. The van der Waals surface area contributed by atoms with Gasteiger partial charge < -0.3 is 9.88 Å².